The van der Waals surface area contributed by atoms with Crippen molar-refractivity contribution in [1.82, 2.24) is 20.0 Å². The van der Waals surface area contributed by atoms with Crippen LogP contribution < -0.4 is 10.6 Å². The van der Waals surface area contributed by atoms with Crippen LogP contribution in [0.2, 0.25) is 0 Å². The SMILES string of the molecule is Cc1c(CNC(=O)NC2CCCC2)sc2nc(-c3ccc(F)cc3)cn12. The van der Waals surface area contributed by atoms with Gasteiger partial charge in [-0.3, -0.25) is 4.40 Å². The molecule has 1 aromatic carbocycles. The van der Waals surface area contributed by atoms with E-state index >= 15 is 0 Å². The molecule has 0 radical (unpaired) electrons. The zero-order valence-corrected chi connectivity index (χ0v) is 15.4. The highest BCUT2D eigenvalue weighted by atomic mass is 32.1. The summed E-state index contributed by atoms with van der Waals surface area (Å²) in [4.78, 5) is 18.6. The van der Waals surface area contributed by atoms with Gasteiger partial charge in [0.25, 0.3) is 0 Å². The van der Waals surface area contributed by atoms with Crippen molar-refractivity contribution in [3.63, 3.8) is 0 Å². The van der Waals surface area contributed by atoms with Gasteiger partial charge in [0.1, 0.15) is 5.82 Å². The van der Waals surface area contributed by atoms with E-state index in [1.54, 1.807) is 23.5 Å². The van der Waals surface area contributed by atoms with Gasteiger partial charge in [0.05, 0.1) is 12.2 Å². The number of imidazole rings is 1. The average Bonchev–Trinajstić information content (AvgIpc) is 3.33. The van der Waals surface area contributed by atoms with Gasteiger partial charge in [-0.1, -0.05) is 24.2 Å². The number of carbonyl (C=O) groups is 1. The van der Waals surface area contributed by atoms with Gasteiger partial charge in [0.15, 0.2) is 4.96 Å². The molecule has 2 amide bonds. The largest absolute Gasteiger partial charge is 0.335 e. The Morgan fingerprint density at radius 1 is 1.31 bits per heavy atom. The van der Waals surface area contributed by atoms with E-state index in [0.717, 1.165) is 39.6 Å². The number of thiazole rings is 1. The van der Waals surface area contributed by atoms with Crippen LogP contribution >= 0.6 is 11.3 Å². The van der Waals surface area contributed by atoms with Gasteiger partial charge >= 0.3 is 6.03 Å². The molecule has 26 heavy (non-hydrogen) atoms. The Labute approximate surface area is 155 Å². The number of rotatable bonds is 4. The standard InChI is InChI=1S/C19H21FN4OS/c1-12-17(10-21-18(25)22-15-4-2-3-5-15)26-19-23-16(11-24(12)19)13-6-8-14(20)9-7-13/h6-9,11,15H,2-5,10H2,1H3,(H2,21,22,25). The zero-order valence-electron chi connectivity index (χ0n) is 14.6. The lowest BCUT2D eigenvalue weighted by Gasteiger charge is -2.12. The van der Waals surface area contributed by atoms with Crippen LogP contribution in [0, 0.1) is 12.7 Å². The monoisotopic (exact) mass is 372 g/mol. The molecule has 0 saturated heterocycles. The van der Waals surface area contributed by atoms with Gasteiger partial charge < -0.3 is 10.6 Å². The topological polar surface area (TPSA) is 58.4 Å². The third-order valence-electron chi connectivity index (χ3n) is 4.89. The van der Waals surface area contributed by atoms with Gasteiger partial charge in [-0.2, -0.15) is 0 Å². The first-order valence-corrected chi connectivity index (χ1v) is 9.69. The Kier molecular flexibility index (Phi) is 4.63. The molecular formula is C19H21FN4OS. The van der Waals surface area contributed by atoms with Crippen LogP contribution in [0.5, 0.6) is 0 Å². The summed E-state index contributed by atoms with van der Waals surface area (Å²) in [6.07, 6.45) is 6.50. The number of halogens is 1. The summed E-state index contributed by atoms with van der Waals surface area (Å²) in [6.45, 7) is 2.51. The predicted octanol–water partition coefficient (Wildman–Crippen LogP) is 4.25. The van der Waals surface area contributed by atoms with E-state index in [4.69, 9.17) is 0 Å². The fourth-order valence-electron chi connectivity index (χ4n) is 3.38. The zero-order chi connectivity index (χ0) is 18.1. The number of hydrogen-bond acceptors (Lipinski definition) is 3. The minimum absolute atomic E-state index is 0.102. The molecule has 1 fully saturated rings. The number of aryl methyl sites for hydroxylation is 1. The van der Waals surface area contributed by atoms with E-state index in [9.17, 15) is 9.18 Å². The first-order valence-electron chi connectivity index (χ1n) is 8.88. The molecular weight excluding hydrogens is 351 g/mol. The van der Waals surface area contributed by atoms with Crippen molar-refractivity contribution < 1.29 is 9.18 Å². The highest BCUT2D eigenvalue weighted by molar-refractivity contribution is 7.17. The lowest BCUT2D eigenvalue weighted by Crippen LogP contribution is -2.40. The lowest BCUT2D eigenvalue weighted by atomic mass is 10.2. The summed E-state index contributed by atoms with van der Waals surface area (Å²) < 4.78 is 15.1. The number of fused-ring (bicyclic) bond motifs is 1. The Morgan fingerprint density at radius 2 is 2.04 bits per heavy atom. The highest BCUT2D eigenvalue weighted by Crippen LogP contribution is 2.27. The second-order valence-electron chi connectivity index (χ2n) is 6.70. The van der Waals surface area contributed by atoms with Crippen LogP contribution in [0.3, 0.4) is 0 Å². The van der Waals surface area contributed by atoms with E-state index in [1.165, 1.54) is 25.0 Å². The van der Waals surface area contributed by atoms with Gasteiger partial charge in [0, 0.05) is 28.4 Å². The number of nitrogens with zero attached hydrogens (tertiary/aromatic N) is 2. The molecule has 1 aliphatic carbocycles. The van der Waals surface area contributed by atoms with Crippen molar-refractivity contribution >= 4 is 22.3 Å². The molecule has 2 heterocycles. The predicted molar refractivity (Wildman–Crippen MR) is 101 cm³/mol. The van der Waals surface area contributed by atoms with Crippen LogP contribution in [-0.4, -0.2) is 21.5 Å². The van der Waals surface area contributed by atoms with E-state index in [0.29, 0.717) is 12.6 Å². The maximum Gasteiger partial charge on any atom is 0.315 e. The molecule has 2 aromatic heterocycles. The molecule has 0 aliphatic heterocycles. The molecule has 1 saturated carbocycles. The van der Waals surface area contributed by atoms with Gasteiger partial charge in [0.2, 0.25) is 0 Å². The van der Waals surface area contributed by atoms with Gasteiger partial charge in [-0.15, -0.1) is 0 Å². The van der Waals surface area contributed by atoms with E-state index in [2.05, 4.69) is 15.6 Å². The fourth-order valence-corrected chi connectivity index (χ4v) is 4.43. The minimum atomic E-state index is -0.254. The molecule has 1 aliphatic rings. The Morgan fingerprint density at radius 3 is 2.73 bits per heavy atom. The second kappa shape index (κ2) is 7.07. The van der Waals surface area contributed by atoms with E-state index < -0.39 is 0 Å². The Hall–Kier alpha value is -2.41. The molecule has 7 heteroatoms. The number of nitrogens with one attached hydrogen (secondary N) is 2. The lowest BCUT2D eigenvalue weighted by molar-refractivity contribution is 0.237. The molecule has 0 spiro atoms. The second-order valence-corrected chi connectivity index (χ2v) is 7.77. The first kappa shape index (κ1) is 17.0. The Bertz CT molecular complexity index is 925. The normalized spacial score (nSPS) is 14.8. The number of hydrogen-bond donors (Lipinski definition) is 2. The van der Waals surface area contributed by atoms with Crippen molar-refractivity contribution in [3.05, 3.63) is 46.9 Å². The van der Waals surface area contributed by atoms with Gasteiger partial charge in [-0.25, -0.2) is 14.2 Å². The minimum Gasteiger partial charge on any atom is -0.335 e. The third-order valence-corrected chi connectivity index (χ3v) is 6.05. The quantitative estimate of drug-likeness (QED) is 0.719. The fraction of sp³-hybridized carbons (Fsp3) is 0.368. The summed E-state index contributed by atoms with van der Waals surface area (Å²) >= 11 is 1.56. The summed E-state index contributed by atoms with van der Waals surface area (Å²) in [5.74, 6) is -0.254. The maximum atomic E-state index is 13.1. The highest BCUT2D eigenvalue weighted by Gasteiger charge is 2.18. The smallest absolute Gasteiger partial charge is 0.315 e. The molecule has 0 atom stereocenters. The van der Waals surface area contributed by atoms with Crippen molar-refractivity contribution in [1.29, 1.82) is 0 Å². The molecule has 0 unspecified atom stereocenters. The van der Waals surface area contributed by atoms with Crippen LogP contribution in [-0.2, 0) is 6.54 Å². The number of urea groups is 1. The van der Waals surface area contributed by atoms with Crippen molar-refractivity contribution in [3.8, 4) is 11.3 Å². The van der Waals surface area contributed by atoms with Crippen molar-refractivity contribution in [2.24, 2.45) is 0 Å². The molecule has 2 N–H and O–H groups in total. The van der Waals surface area contributed by atoms with E-state index in [1.807, 2.05) is 17.5 Å². The van der Waals surface area contributed by atoms with Gasteiger partial charge in [-0.05, 0) is 44.0 Å². The summed E-state index contributed by atoms with van der Waals surface area (Å²) in [5.41, 5.74) is 2.77. The number of aromatic nitrogens is 2. The summed E-state index contributed by atoms with van der Waals surface area (Å²) in [6, 6.07) is 6.55. The van der Waals surface area contributed by atoms with Crippen LogP contribution in [0.4, 0.5) is 9.18 Å². The maximum absolute atomic E-state index is 13.1. The number of carbonyl (C=O) groups excluding carboxylic acids is 1. The summed E-state index contributed by atoms with van der Waals surface area (Å²) in [7, 11) is 0. The van der Waals surface area contributed by atoms with Crippen LogP contribution in [0.15, 0.2) is 30.5 Å². The molecule has 4 rings (SSSR count). The third kappa shape index (κ3) is 3.44. The van der Waals surface area contributed by atoms with Crippen molar-refractivity contribution in [2.45, 2.75) is 45.2 Å². The van der Waals surface area contributed by atoms with Crippen molar-refractivity contribution in [2.75, 3.05) is 0 Å². The molecule has 0 bridgehead atoms. The summed E-state index contributed by atoms with van der Waals surface area (Å²) in [5, 5.41) is 5.98. The average molecular weight is 372 g/mol. The Balaban J connectivity index is 1.45. The van der Waals surface area contributed by atoms with Crippen LogP contribution in [0.25, 0.3) is 16.2 Å². The number of amides is 2. The number of benzene rings is 1. The molecule has 136 valence electrons. The first-order chi connectivity index (χ1) is 12.6. The molecule has 5 nitrogen and oxygen atoms in total. The van der Waals surface area contributed by atoms with E-state index in [-0.39, 0.29) is 11.8 Å². The molecule has 3 aromatic rings. The van der Waals surface area contributed by atoms with Crippen LogP contribution in [0.1, 0.15) is 36.3 Å².